The third-order valence-electron chi connectivity index (χ3n) is 3.05. The van der Waals surface area contributed by atoms with Crippen LogP contribution in [0.2, 0.25) is 0 Å². The zero-order valence-electron chi connectivity index (χ0n) is 8.93. The van der Waals surface area contributed by atoms with E-state index in [1.165, 1.54) is 16.7 Å². The summed E-state index contributed by atoms with van der Waals surface area (Å²) < 4.78 is 0. The maximum absolute atomic E-state index is 5.91. The monoisotopic (exact) mass is 211 g/mol. The van der Waals surface area contributed by atoms with Gasteiger partial charge in [-0.15, -0.1) is 0 Å². The third-order valence-corrected chi connectivity index (χ3v) is 3.05. The van der Waals surface area contributed by atoms with Crippen molar-refractivity contribution in [2.24, 2.45) is 5.84 Å². The topological polar surface area (TPSA) is 42.1 Å². The molecule has 0 fully saturated rings. The van der Waals surface area contributed by atoms with Crippen LogP contribution in [0.3, 0.4) is 0 Å². The molecule has 0 radical (unpaired) electrons. The fourth-order valence-corrected chi connectivity index (χ4v) is 2.26. The molecule has 0 amide bonds. The first-order valence-electron chi connectivity index (χ1n) is 5.41. The SMILES string of the molecule is NN1CCc2c(-c3ccncc3)cccc21. The summed E-state index contributed by atoms with van der Waals surface area (Å²) in [5, 5.41) is 1.82. The fourth-order valence-electron chi connectivity index (χ4n) is 2.26. The molecule has 0 spiro atoms. The zero-order chi connectivity index (χ0) is 11.0. The predicted octanol–water partition coefficient (Wildman–Crippen LogP) is 1.98. The Morgan fingerprint density at radius 1 is 1.12 bits per heavy atom. The van der Waals surface area contributed by atoms with Crippen molar-refractivity contribution in [1.82, 2.24) is 4.98 Å². The van der Waals surface area contributed by atoms with Gasteiger partial charge in [0.05, 0.1) is 5.69 Å². The molecule has 1 aromatic heterocycles. The fraction of sp³-hybridized carbons (Fsp3) is 0.154. The van der Waals surface area contributed by atoms with E-state index in [4.69, 9.17) is 5.84 Å². The van der Waals surface area contributed by atoms with Crippen molar-refractivity contribution in [3.05, 3.63) is 48.3 Å². The molecule has 3 nitrogen and oxygen atoms in total. The number of hydrogen-bond donors (Lipinski definition) is 1. The van der Waals surface area contributed by atoms with Crippen molar-refractivity contribution < 1.29 is 0 Å². The number of hydrazine groups is 1. The number of hydrogen-bond acceptors (Lipinski definition) is 3. The van der Waals surface area contributed by atoms with Crippen LogP contribution in [0.5, 0.6) is 0 Å². The summed E-state index contributed by atoms with van der Waals surface area (Å²) in [7, 11) is 0. The Kier molecular flexibility index (Phi) is 2.11. The van der Waals surface area contributed by atoms with E-state index in [2.05, 4.69) is 23.2 Å². The number of aromatic nitrogens is 1. The molecule has 0 unspecified atom stereocenters. The van der Waals surface area contributed by atoms with Crippen molar-refractivity contribution in [1.29, 1.82) is 0 Å². The Morgan fingerprint density at radius 2 is 1.94 bits per heavy atom. The molecular formula is C13H13N3. The van der Waals surface area contributed by atoms with Gasteiger partial charge in [-0.1, -0.05) is 12.1 Å². The minimum Gasteiger partial charge on any atom is -0.310 e. The average Bonchev–Trinajstić information content (AvgIpc) is 2.73. The van der Waals surface area contributed by atoms with Crippen LogP contribution in [-0.4, -0.2) is 11.5 Å². The number of nitrogens with two attached hydrogens (primary N) is 1. The van der Waals surface area contributed by atoms with Crippen LogP contribution >= 0.6 is 0 Å². The Bertz CT molecular complexity index is 508. The van der Waals surface area contributed by atoms with Gasteiger partial charge < -0.3 is 5.01 Å². The average molecular weight is 211 g/mol. The van der Waals surface area contributed by atoms with Gasteiger partial charge in [-0.3, -0.25) is 4.98 Å². The van der Waals surface area contributed by atoms with Crippen molar-refractivity contribution in [3.63, 3.8) is 0 Å². The first-order valence-corrected chi connectivity index (χ1v) is 5.41. The molecule has 0 bridgehead atoms. The third kappa shape index (κ3) is 1.37. The van der Waals surface area contributed by atoms with Crippen molar-refractivity contribution in [2.45, 2.75) is 6.42 Å². The molecular weight excluding hydrogens is 198 g/mol. The Hall–Kier alpha value is -1.87. The van der Waals surface area contributed by atoms with Crippen LogP contribution in [-0.2, 0) is 6.42 Å². The number of fused-ring (bicyclic) bond motifs is 1. The van der Waals surface area contributed by atoms with Crippen LogP contribution in [0.1, 0.15) is 5.56 Å². The molecule has 2 aromatic rings. The lowest BCUT2D eigenvalue weighted by molar-refractivity contribution is 0.892. The first kappa shape index (κ1) is 9.36. The van der Waals surface area contributed by atoms with E-state index in [9.17, 15) is 0 Å². The maximum Gasteiger partial charge on any atom is 0.0556 e. The molecule has 0 atom stereocenters. The summed E-state index contributed by atoms with van der Waals surface area (Å²) in [6, 6.07) is 10.4. The number of anilines is 1. The lowest BCUT2D eigenvalue weighted by Crippen LogP contribution is -2.27. The summed E-state index contributed by atoms with van der Waals surface area (Å²) in [6.45, 7) is 0.900. The van der Waals surface area contributed by atoms with E-state index in [1.54, 1.807) is 0 Å². The van der Waals surface area contributed by atoms with Crippen LogP contribution in [0.4, 0.5) is 5.69 Å². The second kappa shape index (κ2) is 3.61. The summed E-state index contributed by atoms with van der Waals surface area (Å²) in [6.07, 6.45) is 4.66. The summed E-state index contributed by atoms with van der Waals surface area (Å²) in [5.74, 6) is 5.91. The van der Waals surface area contributed by atoms with E-state index in [-0.39, 0.29) is 0 Å². The van der Waals surface area contributed by atoms with Gasteiger partial charge in [0.15, 0.2) is 0 Å². The van der Waals surface area contributed by atoms with Crippen molar-refractivity contribution in [2.75, 3.05) is 11.6 Å². The van der Waals surface area contributed by atoms with E-state index >= 15 is 0 Å². The van der Waals surface area contributed by atoms with Gasteiger partial charge in [-0.05, 0) is 41.3 Å². The quantitative estimate of drug-likeness (QED) is 0.733. The van der Waals surface area contributed by atoms with Crippen LogP contribution in [0.25, 0.3) is 11.1 Å². The smallest absolute Gasteiger partial charge is 0.0556 e. The van der Waals surface area contributed by atoms with Crippen LogP contribution < -0.4 is 10.9 Å². The summed E-state index contributed by atoms with van der Waals surface area (Å²) in [5.41, 5.74) is 4.97. The molecule has 3 heteroatoms. The zero-order valence-corrected chi connectivity index (χ0v) is 8.93. The van der Waals surface area contributed by atoms with E-state index < -0.39 is 0 Å². The number of pyridine rings is 1. The maximum atomic E-state index is 5.91. The van der Waals surface area contributed by atoms with Crippen molar-refractivity contribution >= 4 is 5.69 Å². The van der Waals surface area contributed by atoms with Gasteiger partial charge in [0.25, 0.3) is 0 Å². The van der Waals surface area contributed by atoms with Crippen LogP contribution in [0, 0.1) is 0 Å². The molecule has 2 N–H and O–H groups in total. The Morgan fingerprint density at radius 3 is 2.75 bits per heavy atom. The first-order chi connectivity index (χ1) is 7.86. The molecule has 1 aliphatic heterocycles. The number of rotatable bonds is 1. The Balaban J connectivity index is 2.17. The number of nitrogens with zero attached hydrogens (tertiary/aromatic N) is 2. The van der Waals surface area contributed by atoms with Gasteiger partial charge in [-0.2, -0.15) is 0 Å². The molecule has 16 heavy (non-hydrogen) atoms. The van der Waals surface area contributed by atoms with Gasteiger partial charge in [0.2, 0.25) is 0 Å². The standard InChI is InChI=1S/C13H13N3/c14-16-9-6-12-11(2-1-3-13(12)16)10-4-7-15-8-5-10/h1-5,7-8H,6,9,14H2. The van der Waals surface area contributed by atoms with Gasteiger partial charge in [0.1, 0.15) is 0 Å². The number of benzene rings is 1. The molecule has 3 rings (SSSR count). The molecule has 2 heterocycles. The van der Waals surface area contributed by atoms with Crippen LogP contribution in [0.15, 0.2) is 42.7 Å². The molecule has 1 aliphatic rings. The highest BCUT2D eigenvalue weighted by molar-refractivity contribution is 5.75. The molecule has 0 saturated heterocycles. The molecule has 80 valence electrons. The predicted molar refractivity (Wildman–Crippen MR) is 64.9 cm³/mol. The lowest BCUT2D eigenvalue weighted by Gasteiger charge is -2.12. The van der Waals surface area contributed by atoms with E-state index in [0.717, 1.165) is 18.7 Å². The van der Waals surface area contributed by atoms with Gasteiger partial charge >= 0.3 is 0 Å². The minimum atomic E-state index is 0.900. The molecule has 0 saturated carbocycles. The van der Waals surface area contributed by atoms with E-state index in [1.807, 2.05) is 29.5 Å². The highest BCUT2D eigenvalue weighted by Crippen LogP contribution is 2.34. The summed E-state index contributed by atoms with van der Waals surface area (Å²) >= 11 is 0. The highest BCUT2D eigenvalue weighted by atomic mass is 15.4. The van der Waals surface area contributed by atoms with Gasteiger partial charge in [-0.25, -0.2) is 5.84 Å². The van der Waals surface area contributed by atoms with Crippen molar-refractivity contribution in [3.8, 4) is 11.1 Å². The summed E-state index contributed by atoms with van der Waals surface area (Å²) in [4.78, 5) is 4.04. The van der Waals surface area contributed by atoms with E-state index in [0.29, 0.717) is 0 Å². The lowest BCUT2D eigenvalue weighted by atomic mass is 9.99. The second-order valence-electron chi connectivity index (χ2n) is 3.98. The van der Waals surface area contributed by atoms with Gasteiger partial charge in [0, 0.05) is 18.9 Å². The molecule has 1 aromatic carbocycles. The highest BCUT2D eigenvalue weighted by Gasteiger charge is 2.19. The normalized spacial score (nSPS) is 13.9. The minimum absolute atomic E-state index is 0.900. The largest absolute Gasteiger partial charge is 0.310 e. The second-order valence-corrected chi connectivity index (χ2v) is 3.98. The molecule has 0 aliphatic carbocycles. The Labute approximate surface area is 94.5 Å².